The number of sulfonamides is 2. The molecule has 2 aromatic rings. The van der Waals surface area contributed by atoms with Gasteiger partial charge in [0.05, 0.1) is 15.4 Å². The maximum atomic E-state index is 12.1. The van der Waals surface area contributed by atoms with Gasteiger partial charge in [0.15, 0.2) is 0 Å². The van der Waals surface area contributed by atoms with Gasteiger partial charge >= 0.3 is 5.97 Å². The summed E-state index contributed by atoms with van der Waals surface area (Å²) in [7, 11) is -7.63. The van der Waals surface area contributed by atoms with Gasteiger partial charge in [-0.05, 0) is 42.0 Å². The number of primary sulfonamides is 1. The Hall–Kier alpha value is -2.27. The molecule has 10 heteroatoms. The Balaban J connectivity index is 2.11. The lowest BCUT2D eigenvalue weighted by Gasteiger charge is -2.08. The molecule has 0 aliphatic carbocycles. The van der Waals surface area contributed by atoms with Crippen molar-refractivity contribution in [1.82, 2.24) is 4.72 Å². The lowest BCUT2D eigenvalue weighted by atomic mass is 10.2. The minimum absolute atomic E-state index is 0.0208. The van der Waals surface area contributed by atoms with Gasteiger partial charge in [0.1, 0.15) is 0 Å². The highest BCUT2D eigenvalue weighted by molar-refractivity contribution is 7.89. The fraction of sp³-hybridized carbons (Fsp3) is 0.0714. The van der Waals surface area contributed by atoms with Crippen molar-refractivity contribution in [3.63, 3.8) is 0 Å². The van der Waals surface area contributed by atoms with Gasteiger partial charge < -0.3 is 5.11 Å². The van der Waals surface area contributed by atoms with Crippen molar-refractivity contribution in [2.75, 3.05) is 0 Å². The monoisotopic (exact) mass is 370 g/mol. The summed E-state index contributed by atoms with van der Waals surface area (Å²) < 4.78 is 48.9. The molecule has 2 aromatic carbocycles. The average molecular weight is 370 g/mol. The Kier molecular flexibility index (Phi) is 5.04. The predicted molar refractivity (Wildman–Crippen MR) is 85.2 cm³/mol. The molecule has 4 N–H and O–H groups in total. The molecule has 0 aliphatic heterocycles. The number of rotatable bonds is 6. The van der Waals surface area contributed by atoms with E-state index in [1.165, 1.54) is 48.5 Å². The lowest BCUT2D eigenvalue weighted by Crippen LogP contribution is -2.23. The number of carboxylic acids is 1. The van der Waals surface area contributed by atoms with Crippen molar-refractivity contribution >= 4 is 26.0 Å². The van der Waals surface area contributed by atoms with E-state index < -0.39 is 26.0 Å². The zero-order valence-electron chi connectivity index (χ0n) is 12.2. The van der Waals surface area contributed by atoms with Crippen molar-refractivity contribution in [1.29, 1.82) is 0 Å². The Morgan fingerprint density at radius 1 is 0.917 bits per heavy atom. The second-order valence-corrected chi connectivity index (χ2v) is 8.17. The van der Waals surface area contributed by atoms with Crippen LogP contribution in [-0.2, 0) is 26.6 Å². The van der Waals surface area contributed by atoms with E-state index >= 15 is 0 Å². The molecule has 24 heavy (non-hydrogen) atoms. The van der Waals surface area contributed by atoms with Crippen molar-refractivity contribution < 1.29 is 26.7 Å². The Morgan fingerprint density at radius 3 is 1.88 bits per heavy atom. The fourth-order valence-corrected chi connectivity index (χ4v) is 3.37. The zero-order valence-corrected chi connectivity index (χ0v) is 13.8. The molecule has 2 rings (SSSR count). The third-order valence-corrected chi connectivity index (χ3v) is 5.48. The summed E-state index contributed by atoms with van der Waals surface area (Å²) in [4.78, 5) is 10.6. The zero-order chi connectivity index (χ0) is 18.0. The largest absolute Gasteiger partial charge is 0.478 e. The first-order chi connectivity index (χ1) is 11.1. The number of hydrogen-bond acceptors (Lipinski definition) is 5. The number of carboxylic acid groups (broad SMARTS) is 1. The summed E-state index contributed by atoms with van der Waals surface area (Å²) in [5.74, 6) is -1.15. The second kappa shape index (κ2) is 6.69. The molecule has 0 saturated heterocycles. The fourth-order valence-electron chi connectivity index (χ4n) is 1.84. The maximum absolute atomic E-state index is 12.1. The van der Waals surface area contributed by atoms with Crippen molar-refractivity contribution in [2.24, 2.45) is 5.14 Å². The van der Waals surface area contributed by atoms with E-state index in [0.717, 1.165) is 0 Å². The van der Waals surface area contributed by atoms with Crippen LogP contribution in [0.25, 0.3) is 0 Å². The van der Waals surface area contributed by atoms with Gasteiger partial charge in [0, 0.05) is 6.54 Å². The summed E-state index contributed by atoms with van der Waals surface area (Å²) in [5.41, 5.74) is 0.515. The molecule has 0 spiro atoms. The lowest BCUT2D eigenvalue weighted by molar-refractivity contribution is 0.0696. The summed E-state index contributed by atoms with van der Waals surface area (Å²) >= 11 is 0. The minimum Gasteiger partial charge on any atom is -0.478 e. The summed E-state index contributed by atoms with van der Waals surface area (Å²) in [6, 6.07) is 10.2. The van der Waals surface area contributed by atoms with Gasteiger partial charge in [-0.2, -0.15) is 0 Å². The van der Waals surface area contributed by atoms with Crippen LogP contribution in [0.1, 0.15) is 15.9 Å². The quantitative estimate of drug-likeness (QED) is 0.676. The Bertz CT molecular complexity index is 949. The van der Waals surface area contributed by atoms with E-state index in [9.17, 15) is 21.6 Å². The van der Waals surface area contributed by atoms with E-state index in [-0.39, 0.29) is 21.9 Å². The highest BCUT2D eigenvalue weighted by Gasteiger charge is 2.15. The van der Waals surface area contributed by atoms with E-state index in [1.807, 2.05) is 0 Å². The van der Waals surface area contributed by atoms with Crippen LogP contribution in [0, 0.1) is 0 Å². The van der Waals surface area contributed by atoms with Crippen LogP contribution in [0.3, 0.4) is 0 Å². The van der Waals surface area contributed by atoms with Gasteiger partial charge in [-0.1, -0.05) is 12.1 Å². The molecule has 0 atom stereocenters. The first-order valence-corrected chi connectivity index (χ1v) is 9.57. The normalized spacial score (nSPS) is 12.0. The van der Waals surface area contributed by atoms with Crippen LogP contribution in [0.2, 0.25) is 0 Å². The van der Waals surface area contributed by atoms with Gasteiger partial charge in [0.2, 0.25) is 20.0 Å². The molecule has 0 saturated carbocycles. The Morgan fingerprint density at radius 2 is 1.42 bits per heavy atom. The molecule has 0 aliphatic rings. The van der Waals surface area contributed by atoms with Crippen LogP contribution >= 0.6 is 0 Å². The molecular weight excluding hydrogens is 356 g/mol. The smallest absolute Gasteiger partial charge is 0.335 e. The summed E-state index contributed by atoms with van der Waals surface area (Å²) in [5, 5.41) is 13.8. The maximum Gasteiger partial charge on any atom is 0.335 e. The average Bonchev–Trinajstić information content (AvgIpc) is 2.52. The van der Waals surface area contributed by atoms with Crippen LogP contribution in [0.15, 0.2) is 58.3 Å². The van der Waals surface area contributed by atoms with Crippen LogP contribution in [-0.4, -0.2) is 27.9 Å². The van der Waals surface area contributed by atoms with E-state index in [2.05, 4.69) is 4.72 Å². The Labute approximate surface area is 139 Å². The molecule has 0 aromatic heterocycles. The van der Waals surface area contributed by atoms with Crippen molar-refractivity contribution in [3.05, 3.63) is 59.7 Å². The van der Waals surface area contributed by atoms with E-state index in [1.54, 1.807) is 0 Å². The molecule has 128 valence electrons. The standard InChI is InChI=1S/C14H14N2O6S2/c15-23(19,20)12-5-1-10(2-6-12)9-16-24(21,22)13-7-3-11(4-8-13)14(17)18/h1-8,16H,9H2,(H,17,18)(H2,15,19,20). The number of hydrogen-bond donors (Lipinski definition) is 3. The first-order valence-electron chi connectivity index (χ1n) is 6.54. The third kappa shape index (κ3) is 4.38. The van der Waals surface area contributed by atoms with Crippen molar-refractivity contribution in [3.8, 4) is 0 Å². The number of benzene rings is 2. The molecule has 0 bridgehead atoms. The van der Waals surface area contributed by atoms with E-state index in [0.29, 0.717) is 5.56 Å². The highest BCUT2D eigenvalue weighted by atomic mass is 32.2. The number of nitrogens with two attached hydrogens (primary N) is 1. The van der Waals surface area contributed by atoms with Crippen molar-refractivity contribution in [2.45, 2.75) is 16.3 Å². The van der Waals surface area contributed by atoms with Crippen LogP contribution in [0.4, 0.5) is 0 Å². The highest BCUT2D eigenvalue weighted by Crippen LogP contribution is 2.13. The predicted octanol–water partition coefficient (Wildman–Crippen LogP) is 0.511. The molecular formula is C14H14N2O6S2. The number of nitrogens with one attached hydrogen (secondary N) is 1. The van der Waals surface area contributed by atoms with E-state index in [4.69, 9.17) is 10.2 Å². The van der Waals surface area contributed by atoms with Gasteiger partial charge in [0.25, 0.3) is 0 Å². The SMILES string of the molecule is NS(=O)(=O)c1ccc(CNS(=O)(=O)c2ccc(C(=O)O)cc2)cc1. The van der Waals surface area contributed by atoms with Gasteiger partial charge in [-0.3, -0.25) is 0 Å². The number of carbonyl (C=O) groups is 1. The topological polar surface area (TPSA) is 144 Å². The van der Waals surface area contributed by atoms with Gasteiger partial charge in [-0.15, -0.1) is 0 Å². The summed E-state index contributed by atoms with van der Waals surface area (Å²) in [6.45, 7) is -0.0616. The molecule has 0 unspecified atom stereocenters. The molecule has 0 radical (unpaired) electrons. The molecule has 8 nitrogen and oxygen atoms in total. The molecule has 0 amide bonds. The van der Waals surface area contributed by atoms with Crippen LogP contribution < -0.4 is 9.86 Å². The minimum atomic E-state index is -3.83. The van der Waals surface area contributed by atoms with Crippen LogP contribution in [0.5, 0.6) is 0 Å². The van der Waals surface area contributed by atoms with Gasteiger partial charge in [-0.25, -0.2) is 31.5 Å². The second-order valence-electron chi connectivity index (χ2n) is 4.84. The summed E-state index contributed by atoms with van der Waals surface area (Å²) in [6.07, 6.45) is 0. The molecule has 0 fully saturated rings. The third-order valence-electron chi connectivity index (χ3n) is 3.13. The first kappa shape index (κ1) is 18.1. The number of aromatic carboxylic acids is 1. The molecule has 0 heterocycles.